The molecular weight excluding hydrogens is 268 g/mol. The molecule has 1 atom stereocenters. The molecule has 0 aromatic carbocycles. The molecule has 1 amide bonds. The van der Waals surface area contributed by atoms with Crippen molar-refractivity contribution in [1.29, 1.82) is 5.26 Å². The molecule has 1 rings (SSSR count). The second-order valence-corrected chi connectivity index (χ2v) is 5.16. The van der Waals surface area contributed by atoms with E-state index in [0.29, 0.717) is 10.6 Å². The van der Waals surface area contributed by atoms with Crippen molar-refractivity contribution < 1.29 is 19.4 Å². The van der Waals surface area contributed by atoms with Crippen LogP contribution in [0, 0.1) is 25.2 Å². The SMILES string of the molecule is Cc1sc(NC(=O)COC(C)C(=O)O)c(C#N)c1C. The number of nitrogens with zero attached hydrogens (tertiary/aromatic N) is 1. The van der Waals surface area contributed by atoms with Crippen LogP contribution in [0.2, 0.25) is 0 Å². The fourth-order valence-corrected chi connectivity index (χ4v) is 2.31. The predicted octanol–water partition coefficient (Wildman–Crippen LogP) is 1.66. The predicted molar refractivity (Wildman–Crippen MR) is 70.2 cm³/mol. The summed E-state index contributed by atoms with van der Waals surface area (Å²) in [5.41, 5.74) is 1.27. The summed E-state index contributed by atoms with van der Waals surface area (Å²) in [6.45, 7) is 4.65. The normalized spacial score (nSPS) is 11.7. The maximum Gasteiger partial charge on any atom is 0.332 e. The highest BCUT2D eigenvalue weighted by Gasteiger charge is 2.17. The largest absolute Gasteiger partial charge is 0.479 e. The fourth-order valence-electron chi connectivity index (χ4n) is 1.28. The molecule has 2 N–H and O–H groups in total. The molecule has 19 heavy (non-hydrogen) atoms. The molecule has 0 aliphatic heterocycles. The number of nitriles is 1. The number of rotatable bonds is 5. The average molecular weight is 282 g/mol. The standard InChI is InChI=1S/C12H14N2O4S/c1-6-8(3)19-11(9(6)4-13)14-10(15)5-18-7(2)12(16)17/h7H,5H2,1-3H3,(H,14,15)(H,16,17). The lowest BCUT2D eigenvalue weighted by Crippen LogP contribution is -2.26. The number of thiophene rings is 1. The number of hydrogen-bond acceptors (Lipinski definition) is 5. The summed E-state index contributed by atoms with van der Waals surface area (Å²) < 4.78 is 4.86. The monoisotopic (exact) mass is 282 g/mol. The number of carboxylic acids is 1. The summed E-state index contributed by atoms with van der Waals surface area (Å²) in [7, 11) is 0. The highest BCUT2D eigenvalue weighted by atomic mass is 32.1. The van der Waals surface area contributed by atoms with Gasteiger partial charge in [-0.05, 0) is 26.3 Å². The smallest absolute Gasteiger partial charge is 0.332 e. The lowest BCUT2D eigenvalue weighted by atomic mass is 10.2. The van der Waals surface area contributed by atoms with Crippen molar-refractivity contribution in [3.8, 4) is 6.07 Å². The first kappa shape index (κ1) is 15.1. The summed E-state index contributed by atoms with van der Waals surface area (Å²) >= 11 is 1.31. The van der Waals surface area contributed by atoms with Crippen LogP contribution in [0.15, 0.2) is 0 Å². The third kappa shape index (κ3) is 3.77. The maximum absolute atomic E-state index is 11.6. The molecule has 102 valence electrons. The highest BCUT2D eigenvalue weighted by Crippen LogP contribution is 2.31. The molecule has 1 aromatic rings. The average Bonchev–Trinajstić information content (AvgIpc) is 2.61. The fraction of sp³-hybridized carbons (Fsp3) is 0.417. The molecule has 0 saturated heterocycles. The van der Waals surface area contributed by atoms with E-state index in [-0.39, 0.29) is 6.61 Å². The van der Waals surface area contributed by atoms with Gasteiger partial charge >= 0.3 is 5.97 Å². The number of carbonyl (C=O) groups excluding carboxylic acids is 1. The molecule has 1 heterocycles. The molecule has 6 nitrogen and oxygen atoms in total. The number of nitrogens with one attached hydrogen (secondary N) is 1. The van der Waals surface area contributed by atoms with Crippen molar-refractivity contribution in [1.82, 2.24) is 0 Å². The molecule has 1 unspecified atom stereocenters. The van der Waals surface area contributed by atoms with E-state index in [1.165, 1.54) is 18.3 Å². The molecule has 1 aromatic heterocycles. The number of ether oxygens (including phenoxy) is 1. The van der Waals surface area contributed by atoms with Gasteiger partial charge in [-0.15, -0.1) is 11.3 Å². The Morgan fingerprint density at radius 1 is 1.53 bits per heavy atom. The van der Waals surface area contributed by atoms with Crippen molar-refractivity contribution in [3.05, 3.63) is 16.0 Å². The Kier molecular flexibility index (Phi) is 5.03. The lowest BCUT2D eigenvalue weighted by molar-refractivity contribution is -0.150. The van der Waals surface area contributed by atoms with Gasteiger partial charge in [0.15, 0.2) is 6.10 Å². The van der Waals surface area contributed by atoms with Crippen LogP contribution in [0.5, 0.6) is 0 Å². The third-order valence-electron chi connectivity index (χ3n) is 2.56. The van der Waals surface area contributed by atoms with Crippen molar-refractivity contribution in [2.75, 3.05) is 11.9 Å². The van der Waals surface area contributed by atoms with Gasteiger partial charge in [-0.1, -0.05) is 0 Å². The van der Waals surface area contributed by atoms with Crippen molar-refractivity contribution in [2.24, 2.45) is 0 Å². The van der Waals surface area contributed by atoms with Gasteiger partial charge < -0.3 is 15.2 Å². The van der Waals surface area contributed by atoms with E-state index >= 15 is 0 Å². The maximum atomic E-state index is 11.6. The van der Waals surface area contributed by atoms with E-state index in [1.54, 1.807) is 0 Å². The molecule has 7 heteroatoms. The quantitative estimate of drug-likeness (QED) is 0.855. The number of aryl methyl sites for hydroxylation is 1. The molecule has 0 aliphatic rings. The zero-order valence-electron chi connectivity index (χ0n) is 10.8. The Hall–Kier alpha value is -1.91. The van der Waals surface area contributed by atoms with Gasteiger partial charge in [0.2, 0.25) is 0 Å². The second kappa shape index (κ2) is 6.31. The summed E-state index contributed by atoms with van der Waals surface area (Å²) in [5.74, 6) is -1.61. The minimum atomic E-state index is -1.13. The number of carbonyl (C=O) groups is 2. The molecule has 0 bridgehead atoms. The molecule has 0 radical (unpaired) electrons. The summed E-state index contributed by atoms with van der Waals surface area (Å²) in [5, 5.41) is 20.6. The first-order valence-corrected chi connectivity index (χ1v) is 6.32. The van der Waals surface area contributed by atoms with Crippen molar-refractivity contribution >= 4 is 28.2 Å². The molecule has 0 spiro atoms. The van der Waals surface area contributed by atoms with Gasteiger partial charge in [0.1, 0.15) is 17.7 Å². The summed E-state index contributed by atoms with van der Waals surface area (Å²) in [6.07, 6.45) is -1.05. The number of aliphatic carboxylic acids is 1. The topological polar surface area (TPSA) is 99.4 Å². The van der Waals surface area contributed by atoms with E-state index in [4.69, 9.17) is 15.1 Å². The van der Waals surface area contributed by atoms with Crippen LogP contribution in [0.25, 0.3) is 0 Å². The van der Waals surface area contributed by atoms with Crippen LogP contribution >= 0.6 is 11.3 Å². The van der Waals surface area contributed by atoms with Gasteiger partial charge in [-0.25, -0.2) is 4.79 Å². The first-order valence-electron chi connectivity index (χ1n) is 5.51. The minimum Gasteiger partial charge on any atom is -0.479 e. The van der Waals surface area contributed by atoms with Crippen LogP contribution < -0.4 is 5.32 Å². The molecule has 0 aliphatic carbocycles. The second-order valence-electron chi connectivity index (χ2n) is 3.94. The van der Waals surface area contributed by atoms with E-state index in [1.807, 2.05) is 19.9 Å². The highest BCUT2D eigenvalue weighted by molar-refractivity contribution is 7.16. The van der Waals surface area contributed by atoms with E-state index in [0.717, 1.165) is 10.4 Å². The van der Waals surface area contributed by atoms with Gasteiger partial charge in [0.25, 0.3) is 5.91 Å². The Morgan fingerprint density at radius 3 is 2.68 bits per heavy atom. The van der Waals surface area contributed by atoms with Gasteiger partial charge in [-0.2, -0.15) is 5.26 Å². The van der Waals surface area contributed by atoms with E-state index in [9.17, 15) is 9.59 Å². The number of hydrogen-bond donors (Lipinski definition) is 2. The summed E-state index contributed by atoms with van der Waals surface area (Å²) in [6, 6.07) is 2.03. The zero-order valence-corrected chi connectivity index (χ0v) is 11.6. The molecule has 0 saturated carbocycles. The Balaban J connectivity index is 2.66. The van der Waals surface area contributed by atoms with Gasteiger partial charge in [-0.3, -0.25) is 4.79 Å². The van der Waals surface area contributed by atoms with Crippen LogP contribution in [-0.2, 0) is 14.3 Å². The Bertz CT molecular complexity index is 545. The van der Waals surface area contributed by atoms with Gasteiger partial charge in [0.05, 0.1) is 5.56 Å². The van der Waals surface area contributed by atoms with E-state index in [2.05, 4.69) is 5.32 Å². The van der Waals surface area contributed by atoms with Crippen molar-refractivity contribution in [2.45, 2.75) is 26.9 Å². The Morgan fingerprint density at radius 2 is 2.16 bits per heavy atom. The van der Waals surface area contributed by atoms with E-state index < -0.39 is 18.0 Å². The number of carboxylic acid groups (broad SMARTS) is 1. The minimum absolute atomic E-state index is 0.367. The number of amides is 1. The van der Waals surface area contributed by atoms with Crippen LogP contribution in [-0.4, -0.2) is 29.7 Å². The Labute approximate surface area is 114 Å². The lowest BCUT2D eigenvalue weighted by Gasteiger charge is -2.08. The summed E-state index contributed by atoms with van der Waals surface area (Å²) in [4.78, 5) is 23.1. The molecular formula is C12H14N2O4S. The van der Waals surface area contributed by atoms with Crippen LogP contribution in [0.1, 0.15) is 22.9 Å². The van der Waals surface area contributed by atoms with Crippen LogP contribution in [0.3, 0.4) is 0 Å². The van der Waals surface area contributed by atoms with Crippen LogP contribution in [0.4, 0.5) is 5.00 Å². The van der Waals surface area contributed by atoms with Crippen molar-refractivity contribution in [3.63, 3.8) is 0 Å². The third-order valence-corrected chi connectivity index (χ3v) is 3.68. The van der Waals surface area contributed by atoms with Gasteiger partial charge in [0, 0.05) is 4.88 Å². The molecule has 0 fully saturated rings. The zero-order chi connectivity index (χ0) is 14.6. The number of anilines is 1. The first-order chi connectivity index (χ1) is 8.86.